The summed E-state index contributed by atoms with van der Waals surface area (Å²) in [6, 6.07) is 9.99. The molecule has 1 aliphatic rings. The van der Waals surface area contributed by atoms with Gasteiger partial charge in [0.25, 0.3) is 0 Å². The molecule has 0 radical (unpaired) electrons. The van der Waals surface area contributed by atoms with Crippen LogP contribution >= 0.6 is 0 Å². The van der Waals surface area contributed by atoms with Gasteiger partial charge in [-0.05, 0) is 16.7 Å². The molecule has 0 aliphatic heterocycles. The van der Waals surface area contributed by atoms with Gasteiger partial charge < -0.3 is 4.74 Å². The van der Waals surface area contributed by atoms with Crippen LogP contribution in [0.5, 0.6) is 5.75 Å². The predicted molar refractivity (Wildman–Crippen MR) is 71.1 cm³/mol. The maximum Gasteiger partial charge on any atom is 0.393 e. The first-order valence-electron chi connectivity index (χ1n) is 6.60. The molecule has 0 aromatic heterocycles. The Bertz CT molecular complexity index is 706. The van der Waals surface area contributed by atoms with Crippen LogP contribution < -0.4 is 4.74 Å². The van der Waals surface area contributed by atoms with E-state index in [9.17, 15) is 22.0 Å². The van der Waals surface area contributed by atoms with Gasteiger partial charge in [-0.3, -0.25) is 0 Å². The van der Waals surface area contributed by atoms with Crippen LogP contribution in [0.3, 0.4) is 0 Å². The molecule has 1 aliphatic carbocycles. The summed E-state index contributed by atoms with van der Waals surface area (Å²) in [4.78, 5) is 0. The summed E-state index contributed by atoms with van der Waals surface area (Å²) < 4.78 is 67.6. The summed E-state index contributed by atoms with van der Waals surface area (Å²) >= 11 is 0. The average molecular weight is 314 g/mol. The smallest absolute Gasteiger partial charge is 0.393 e. The topological polar surface area (TPSA) is 9.23 Å². The standard InChI is InChI=1S/C16H11F5O/c17-15(18)22-14-10(8-16(19,20)21)5-6-12-11-4-2-1-3-9(11)7-13(12)14/h1-6,15H,7-8H2. The number of fused-ring (bicyclic) bond motifs is 3. The highest BCUT2D eigenvalue weighted by Gasteiger charge is 2.32. The Morgan fingerprint density at radius 3 is 2.41 bits per heavy atom. The minimum absolute atomic E-state index is 0.264. The van der Waals surface area contributed by atoms with Gasteiger partial charge in [-0.15, -0.1) is 0 Å². The van der Waals surface area contributed by atoms with E-state index in [1.807, 2.05) is 12.1 Å². The molecule has 22 heavy (non-hydrogen) atoms. The Labute approximate surface area is 123 Å². The van der Waals surface area contributed by atoms with Crippen molar-refractivity contribution in [3.63, 3.8) is 0 Å². The fourth-order valence-electron chi connectivity index (χ4n) is 2.82. The summed E-state index contributed by atoms with van der Waals surface area (Å²) in [5.41, 5.74) is 2.51. The van der Waals surface area contributed by atoms with E-state index in [2.05, 4.69) is 4.74 Å². The summed E-state index contributed by atoms with van der Waals surface area (Å²) in [6.45, 7) is -3.16. The molecule has 1 nitrogen and oxygen atoms in total. The molecule has 0 bridgehead atoms. The molecule has 0 heterocycles. The number of hydrogen-bond acceptors (Lipinski definition) is 1. The average Bonchev–Trinajstić information content (AvgIpc) is 2.78. The van der Waals surface area contributed by atoms with Gasteiger partial charge in [-0.1, -0.05) is 36.4 Å². The summed E-state index contributed by atoms with van der Waals surface area (Å²) in [5.74, 6) is -0.346. The second-order valence-electron chi connectivity index (χ2n) is 5.08. The van der Waals surface area contributed by atoms with Crippen molar-refractivity contribution in [2.45, 2.75) is 25.6 Å². The number of benzene rings is 2. The largest absolute Gasteiger partial charge is 0.434 e. The molecule has 0 N–H and O–H groups in total. The summed E-state index contributed by atoms with van der Waals surface area (Å²) in [5, 5.41) is 0. The van der Waals surface area contributed by atoms with E-state index in [-0.39, 0.29) is 11.3 Å². The van der Waals surface area contributed by atoms with E-state index in [0.29, 0.717) is 17.5 Å². The zero-order chi connectivity index (χ0) is 15.9. The van der Waals surface area contributed by atoms with E-state index in [4.69, 9.17) is 0 Å². The van der Waals surface area contributed by atoms with Crippen LogP contribution in [0.1, 0.15) is 16.7 Å². The van der Waals surface area contributed by atoms with Gasteiger partial charge in [-0.25, -0.2) is 0 Å². The van der Waals surface area contributed by atoms with Gasteiger partial charge >= 0.3 is 12.8 Å². The number of rotatable bonds is 3. The molecule has 0 unspecified atom stereocenters. The Kier molecular flexibility index (Phi) is 3.54. The first-order chi connectivity index (χ1) is 10.3. The van der Waals surface area contributed by atoms with Crippen LogP contribution in [0, 0.1) is 0 Å². The maximum atomic E-state index is 12.6. The minimum Gasteiger partial charge on any atom is -0.434 e. The van der Waals surface area contributed by atoms with Crippen LogP contribution in [0.2, 0.25) is 0 Å². The second kappa shape index (κ2) is 5.26. The van der Waals surface area contributed by atoms with E-state index in [1.54, 1.807) is 18.2 Å². The van der Waals surface area contributed by atoms with Gasteiger partial charge in [0.05, 0.1) is 6.42 Å². The Hall–Kier alpha value is -2.11. The van der Waals surface area contributed by atoms with Crippen LogP contribution in [0.15, 0.2) is 36.4 Å². The normalized spacial score (nSPS) is 13.2. The van der Waals surface area contributed by atoms with Crippen LogP contribution in [-0.4, -0.2) is 12.8 Å². The van der Waals surface area contributed by atoms with Gasteiger partial charge in [0.15, 0.2) is 0 Å². The van der Waals surface area contributed by atoms with Crippen molar-refractivity contribution in [2.24, 2.45) is 0 Å². The quantitative estimate of drug-likeness (QED) is 0.621. The zero-order valence-corrected chi connectivity index (χ0v) is 11.3. The molecule has 0 fully saturated rings. The fraction of sp³-hybridized carbons (Fsp3) is 0.250. The predicted octanol–water partition coefficient (Wildman–Crippen LogP) is 4.96. The molecule has 2 aromatic carbocycles. The molecule has 0 amide bonds. The molecule has 0 saturated heterocycles. The first-order valence-corrected chi connectivity index (χ1v) is 6.60. The first kappa shape index (κ1) is 14.8. The monoisotopic (exact) mass is 314 g/mol. The minimum atomic E-state index is -4.49. The number of hydrogen-bond donors (Lipinski definition) is 0. The van der Waals surface area contributed by atoms with E-state index in [1.165, 1.54) is 6.07 Å². The third-order valence-electron chi connectivity index (χ3n) is 3.61. The third-order valence-corrected chi connectivity index (χ3v) is 3.61. The number of ether oxygens (including phenoxy) is 1. The zero-order valence-electron chi connectivity index (χ0n) is 11.3. The highest BCUT2D eigenvalue weighted by molar-refractivity contribution is 5.79. The summed E-state index contributed by atoms with van der Waals surface area (Å²) in [7, 11) is 0. The molecular weight excluding hydrogens is 303 g/mol. The SMILES string of the molecule is FC(F)Oc1c(CC(F)(F)F)ccc2c1Cc1ccccc1-2. The van der Waals surface area contributed by atoms with E-state index < -0.39 is 19.2 Å². The van der Waals surface area contributed by atoms with Crippen LogP contribution in [0.4, 0.5) is 22.0 Å². The molecule has 0 saturated carbocycles. The molecule has 116 valence electrons. The van der Waals surface area contributed by atoms with Crippen molar-refractivity contribution >= 4 is 0 Å². The molecular formula is C16H11F5O. The Balaban J connectivity index is 2.11. The lowest BCUT2D eigenvalue weighted by Gasteiger charge is -2.16. The third kappa shape index (κ3) is 2.77. The molecule has 0 spiro atoms. The van der Waals surface area contributed by atoms with Crippen molar-refractivity contribution < 1.29 is 26.7 Å². The van der Waals surface area contributed by atoms with Gasteiger partial charge in [0, 0.05) is 17.5 Å². The molecule has 2 aromatic rings. The van der Waals surface area contributed by atoms with Gasteiger partial charge in [-0.2, -0.15) is 22.0 Å². The van der Waals surface area contributed by atoms with Crippen molar-refractivity contribution in [3.05, 3.63) is 53.1 Å². The van der Waals surface area contributed by atoms with Crippen LogP contribution in [-0.2, 0) is 12.8 Å². The molecule has 0 atom stereocenters. The van der Waals surface area contributed by atoms with Crippen molar-refractivity contribution in [2.75, 3.05) is 0 Å². The fourth-order valence-corrected chi connectivity index (χ4v) is 2.82. The van der Waals surface area contributed by atoms with E-state index >= 15 is 0 Å². The Morgan fingerprint density at radius 1 is 1.00 bits per heavy atom. The molecule has 6 heteroatoms. The maximum absolute atomic E-state index is 12.6. The van der Waals surface area contributed by atoms with E-state index in [0.717, 1.165) is 11.1 Å². The number of alkyl halides is 5. The highest BCUT2D eigenvalue weighted by Crippen LogP contribution is 2.44. The van der Waals surface area contributed by atoms with Crippen molar-refractivity contribution in [1.29, 1.82) is 0 Å². The van der Waals surface area contributed by atoms with Gasteiger partial charge in [0.1, 0.15) is 5.75 Å². The lowest BCUT2D eigenvalue weighted by molar-refractivity contribution is -0.128. The molecule has 3 rings (SSSR count). The highest BCUT2D eigenvalue weighted by atomic mass is 19.4. The van der Waals surface area contributed by atoms with Gasteiger partial charge in [0.2, 0.25) is 0 Å². The number of halogens is 5. The lowest BCUT2D eigenvalue weighted by Crippen LogP contribution is -2.15. The summed E-state index contributed by atoms with van der Waals surface area (Å²) in [6.07, 6.45) is -5.49. The van der Waals surface area contributed by atoms with Crippen molar-refractivity contribution in [3.8, 4) is 16.9 Å². The van der Waals surface area contributed by atoms with Crippen molar-refractivity contribution in [1.82, 2.24) is 0 Å². The second-order valence-corrected chi connectivity index (χ2v) is 5.08. The lowest BCUT2D eigenvalue weighted by atomic mass is 10.00. The van der Waals surface area contributed by atoms with Crippen LogP contribution in [0.25, 0.3) is 11.1 Å². The Morgan fingerprint density at radius 2 is 1.73 bits per heavy atom.